The van der Waals surface area contributed by atoms with Gasteiger partial charge in [0.05, 0.1) is 6.10 Å². The van der Waals surface area contributed by atoms with E-state index < -0.39 is 11.5 Å². The molecule has 1 heterocycles. The molecule has 1 aromatic rings. The van der Waals surface area contributed by atoms with E-state index in [2.05, 4.69) is 11.8 Å². The number of aliphatic carboxylic acids is 1. The van der Waals surface area contributed by atoms with E-state index in [1.165, 1.54) is 0 Å². The lowest BCUT2D eigenvalue weighted by Gasteiger charge is -2.26. The van der Waals surface area contributed by atoms with E-state index in [1.54, 1.807) is 0 Å². The van der Waals surface area contributed by atoms with Gasteiger partial charge in [-0.15, -0.1) is 0 Å². The summed E-state index contributed by atoms with van der Waals surface area (Å²) >= 11 is 0. The first-order chi connectivity index (χ1) is 9.82. The molecule has 0 aromatic heterocycles. The summed E-state index contributed by atoms with van der Waals surface area (Å²) in [6.07, 6.45) is 0.640. The Morgan fingerprint density at radius 3 is 2.43 bits per heavy atom. The molecule has 1 aliphatic heterocycles. The van der Waals surface area contributed by atoms with Gasteiger partial charge < -0.3 is 15.6 Å². The van der Waals surface area contributed by atoms with Gasteiger partial charge in [-0.05, 0) is 44.9 Å². The molecule has 0 radical (unpaired) electrons. The van der Waals surface area contributed by atoms with Gasteiger partial charge in [0.2, 0.25) is 0 Å². The predicted octanol–water partition coefficient (Wildman–Crippen LogP) is 2.02. The Balaban J connectivity index is 2.04. The topological polar surface area (TPSA) is 75.8 Å². The molecule has 1 aliphatic rings. The standard InChI is InChI=1S/C16H24N2O3/c1-11(2)21-14-6-4-13(5-7-14)12(3)18-9-8-16(17,10-18)15(19)20/h4-7,11-12H,8-10,17H2,1-3H3,(H,19,20). The number of ether oxygens (including phenoxy) is 1. The number of likely N-dealkylation sites (tertiary alicyclic amines) is 1. The molecular formula is C16H24N2O3. The summed E-state index contributed by atoms with van der Waals surface area (Å²) < 4.78 is 5.63. The van der Waals surface area contributed by atoms with Crippen LogP contribution in [0.4, 0.5) is 0 Å². The average Bonchev–Trinajstić information content (AvgIpc) is 2.82. The third-order valence-corrected chi connectivity index (χ3v) is 4.04. The van der Waals surface area contributed by atoms with Gasteiger partial charge in [0.25, 0.3) is 0 Å². The first-order valence-corrected chi connectivity index (χ1v) is 7.35. The summed E-state index contributed by atoms with van der Waals surface area (Å²) in [4.78, 5) is 13.3. The first-order valence-electron chi connectivity index (χ1n) is 7.35. The average molecular weight is 292 g/mol. The van der Waals surface area contributed by atoms with E-state index >= 15 is 0 Å². The Morgan fingerprint density at radius 2 is 1.95 bits per heavy atom. The van der Waals surface area contributed by atoms with E-state index in [4.69, 9.17) is 10.5 Å². The summed E-state index contributed by atoms with van der Waals surface area (Å²) in [6.45, 7) is 7.15. The second-order valence-corrected chi connectivity index (χ2v) is 6.09. The number of benzene rings is 1. The molecule has 2 rings (SSSR count). The Labute approximate surface area is 125 Å². The Kier molecular flexibility index (Phi) is 4.54. The monoisotopic (exact) mass is 292 g/mol. The lowest BCUT2D eigenvalue weighted by molar-refractivity contribution is -0.142. The summed E-state index contributed by atoms with van der Waals surface area (Å²) in [5.74, 6) is -0.0704. The number of nitrogens with two attached hydrogens (primary N) is 1. The fourth-order valence-electron chi connectivity index (χ4n) is 2.68. The molecule has 1 aromatic carbocycles. The summed E-state index contributed by atoms with van der Waals surface area (Å²) in [6, 6.07) is 8.10. The van der Waals surface area contributed by atoms with Gasteiger partial charge in [-0.2, -0.15) is 0 Å². The highest BCUT2D eigenvalue weighted by Crippen LogP contribution is 2.29. The zero-order valence-corrected chi connectivity index (χ0v) is 12.9. The van der Waals surface area contributed by atoms with Crippen molar-refractivity contribution in [1.82, 2.24) is 4.90 Å². The SMILES string of the molecule is CC(C)Oc1ccc(C(C)N2CCC(N)(C(=O)O)C2)cc1. The van der Waals surface area contributed by atoms with Crippen LogP contribution in [0.25, 0.3) is 0 Å². The van der Waals surface area contributed by atoms with Crippen LogP contribution in [0.15, 0.2) is 24.3 Å². The molecule has 0 bridgehead atoms. The van der Waals surface area contributed by atoms with E-state index in [0.29, 0.717) is 19.5 Å². The number of carbonyl (C=O) groups is 1. The molecule has 21 heavy (non-hydrogen) atoms. The van der Waals surface area contributed by atoms with Crippen molar-refractivity contribution < 1.29 is 14.6 Å². The van der Waals surface area contributed by atoms with E-state index in [-0.39, 0.29) is 12.1 Å². The van der Waals surface area contributed by atoms with Crippen molar-refractivity contribution in [1.29, 1.82) is 0 Å². The molecule has 0 spiro atoms. The van der Waals surface area contributed by atoms with Gasteiger partial charge in [-0.3, -0.25) is 9.69 Å². The largest absolute Gasteiger partial charge is 0.491 e. The molecule has 116 valence electrons. The maximum atomic E-state index is 11.2. The van der Waals surface area contributed by atoms with Crippen LogP contribution in [0, 0.1) is 0 Å². The fourth-order valence-corrected chi connectivity index (χ4v) is 2.68. The maximum Gasteiger partial charge on any atom is 0.325 e. The van der Waals surface area contributed by atoms with Crippen LogP contribution in [0.1, 0.15) is 38.8 Å². The highest BCUT2D eigenvalue weighted by Gasteiger charge is 2.42. The van der Waals surface area contributed by atoms with E-state index in [1.807, 2.05) is 38.1 Å². The molecule has 0 aliphatic carbocycles. The minimum absolute atomic E-state index is 0.142. The van der Waals surface area contributed by atoms with Gasteiger partial charge in [0.15, 0.2) is 0 Å². The number of carboxylic acid groups (broad SMARTS) is 1. The van der Waals surface area contributed by atoms with Crippen LogP contribution in [-0.4, -0.2) is 40.7 Å². The molecule has 5 heteroatoms. The number of hydrogen-bond acceptors (Lipinski definition) is 4. The smallest absolute Gasteiger partial charge is 0.325 e. The van der Waals surface area contributed by atoms with Crippen LogP contribution < -0.4 is 10.5 Å². The molecule has 3 N–H and O–H groups in total. The van der Waals surface area contributed by atoms with Crippen molar-refractivity contribution in [3.8, 4) is 5.75 Å². The number of carboxylic acids is 1. The highest BCUT2D eigenvalue weighted by atomic mass is 16.5. The molecule has 1 fully saturated rings. The van der Waals surface area contributed by atoms with Crippen LogP contribution in [-0.2, 0) is 4.79 Å². The first kappa shape index (κ1) is 15.8. The summed E-state index contributed by atoms with van der Waals surface area (Å²) in [5, 5.41) is 9.19. The molecule has 5 nitrogen and oxygen atoms in total. The quantitative estimate of drug-likeness (QED) is 0.868. The van der Waals surface area contributed by atoms with Crippen LogP contribution >= 0.6 is 0 Å². The van der Waals surface area contributed by atoms with Crippen LogP contribution in [0.5, 0.6) is 5.75 Å². The number of hydrogen-bond donors (Lipinski definition) is 2. The summed E-state index contributed by atoms with van der Waals surface area (Å²) in [7, 11) is 0. The lowest BCUT2D eigenvalue weighted by atomic mass is 10.0. The highest BCUT2D eigenvalue weighted by molar-refractivity contribution is 5.79. The van der Waals surface area contributed by atoms with Crippen molar-refractivity contribution >= 4 is 5.97 Å². The molecule has 0 amide bonds. The molecule has 2 atom stereocenters. The van der Waals surface area contributed by atoms with Crippen molar-refractivity contribution in [2.24, 2.45) is 5.73 Å². The van der Waals surface area contributed by atoms with Crippen LogP contribution in [0.2, 0.25) is 0 Å². The van der Waals surface area contributed by atoms with Gasteiger partial charge in [0, 0.05) is 19.1 Å². The fraction of sp³-hybridized carbons (Fsp3) is 0.562. The second kappa shape index (κ2) is 6.03. The van der Waals surface area contributed by atoms with Crippen molar-refractivity contribution in [2.75, 3.05) is 13.1 Å². The Bertz CT molecular complexity index is 501. The second-order valence-electron chi connectivity index (χ2n) is 6.09. The van der Waals surface area contributed by atoms with Crippen molar-refractivity contribution in [3.63, 3.8) is 0 Å². The molecular weight excluding hydrogens is 268 g/mol. The zero-order chi connectivity index (χ0) is 15.6. The lowest BCUT2D eigenvalue weighted by Crippen LogP contribution is -2.50. The van der Waals surface area contributed by atoms with Gasteiger partial charge in [-0.25, -0.2) is 0 Å². The molecule has 2 unspecified atom stereocenters. The number of rotatable bonds is 5. The third-order valence-electron chi connectivity index (χ3n) is 4.04. The van der Waals surface area contributed by atoms with Crippen LogP contribution in [0.3, 0.4) is 0 Å². The van der Waals surface area contributed by atoms with Crippen molar-refractivity contribution in [3.05, 3.63) is 29.8 Å². The molecule has 0 saturated carbocycles. The van der Waals surface area contributed by atoms with Gasteiger partial charge >= 0.3 is 5.97 Å². The van der Waals surface area contributed by atoms with E-state index in [0.717, 1.165) is 11.3 Å². The Hall–Kier alpha value is -1.59. The summed E-state index contributed by atoms with van der Waals surface area (Å²) in [5.41, 5.74) is 5.95. The zero-order valence-electron chi connectivity index (χ0n) is 12.9. The minimum Gasteiger partial charge on any atom is -0.491 e. The third kappa shape index (κ3) is 3.54. The van der Waals surface area contributed by atoms with Gasteiger partial charge in [0.1, 0.15) is 11.3 Å². The minimum atomic E-state index is -1.12. The molecule has 1 saturated heterocycles. The predicted molar refractivity (Wildman–Crippen MR) is 81.4 cm³/mol. The van der Waals surface area contributed by atoms with Gasteiger partial charge in [-0.1, -0.05) is 12.1 Å². The Morgan fingerprint density at radius 1 is 1.33 bits per heavy atom. The maximum absolute atomic E-state index is 11.2. The number of nitrogens with zero attached hydrogens (tertiary/aromatic N) is 1. The van der Waals surface area contributed by atoms with E-state index in [9.17, 15) is 9.90 Å². The normalized spacial score (nSPS) is 24.2. The van der Waals surface area contributed by atoms with Crippen molar-refractivity contribution in [2.45, 2.75) is 44.9 Å².